The average Bonchev–Trinajstić information content (AvgIpc) is 2.54. The minimum atomic E-state index is -3.69. The molecular formula is C18H23N3O2S. The Morgan fingerprint density at radius 1 is 1.17 bits per heavy atom. The number of hydrogen-bond donors (Lipinski definition) is 1. The minimum Gasteiger partial charge on any atom is -0.377 e. The number of primary sulfonamides is 1. The predicted octanol–water partition coefficient (Wildman–Crippen LogP) is 2.35. The van der Waals surface area contributed by atoms with Crippen molar-refractivity contribution < 1.29 is 8.42 Å². The maximum Gasteiger partial charge on any atom is 0.238 e. The van der Waals surface area contributed by atoms with Crippen molar-refractivity contribution >= 4 is 21.4 Å². The summed E-state index contributed by atoms with van der Waals surface area (Å²) in [6, 6.07) is 13.5. The van der Waals surface area contributed by atoms with E-state index in [-0.39, 0.29) is 4.90 Å². The highest BCUT2D eigenvalue weighted by Crippen LogP contribution is 2.32. The van der Waals surface area contributed by atoms with Gasteiger partial charge >= 0.3 is 0 Å². The Labute approximate surface area is 143 Å². The van der Waals surface area contributed by atoms with Gasteiger partial charge in [-0.2, -0.15) is 0 Å². The maximum absolute atomic E-state index is 11.7. The molecular weight excluding hydrogens is 322 g/mol. The molecule has 0 fully saturated rings. The number of nitrogens with two attached hydrogens (primary N) is 1. The van der Waals surface area contributed by atoms with Crippen molar-refractivity contribution in [2.75, 3.05) is 30.4 Å². The van der Waals surface area contributed by atoms with Crippen LogP contribution in [-0.2, 0) is 23.0 Å². The fourth-order valence-electron chi connectivity index (χ4n) is 3.26. The fourth-order valence-corrected chi connectivity index (χ4v) is 3.79. The van der Waals surface area contributed by atoms with Crippen molar-refractivity contribution in [3.63, 3.8) is 0 Å². The molecule has 0 aliphatic carbocycles. The van der Waals surface area contributed by atoms with Crippen molar-refractivity contribution in [3.05, 3.63) is 53.6 Å². The molecule has 1 aliphatic rings. The number of benzene rings is 2. The Hall–Kier alpha value is -2.05. The summed E-state index contributed by atoms with van der Waals surface area (Å²) in [6.07, 6.45) is 2.03. The SMILES string of the molecule is CN(C)c1ccccc1CN1CCCc2ccc(S(N)(=O)=O)cc21. The van der Waals surface area contributed by atoms with E-state index in [0.29, 0.717) is 0 Å². The Morgan fingerprint density at radius 2 is 1.92 bits per heavy atom. The molecule has 128 valence electrons. The molecule has 3 rings (SSSR count). The molecule has 2 N–H and O–H groups in total. The van der Waals surface area contributed by atoms with Crippen LogP contribution in [0.5, 0.6) is 0 Å². The van der Waals surface area contributed by atoms with E-state index in [1.54, 1.807) is 12.1 Å². The Morgan fingerprint density at radius 3 is 2.62 bits per heavy atom. The zero-order valence-corrected chi connectivity index (χ0v) is 14.9. The van der Waals surface area contributed by atoms with Gasteiger partial charge in [-0.25, -0.2) is 13.6 Å². The number of rotatable bonds is 4. The lowest BCUT2D eigenvalue weighted by Crippen LogP contribution is -2.30. The van der Waals surface area contributed by atoms with Crippen LogP contribution in [0.3, 0.4) is 0 Å². The zero-order chi connectivity index (χ0) is 17.3. The van der Waals surface area contributed by atoms with Crippen molar-refractivity contribution in [1.82, 2.24) is 0 Å². The molecule has 0 saturated heterocycles. The lowest BCUT2D eigenvalue weighted by Gasteiger charge is -2.33. The van der Waals surface area contributed by atoms with Gasteiger partial charge in [0.1, 0.15) is 0 Å². The second kappa shape index (κ2) is 6.45. The van der Waals surface area contributed by atoms with Gasteiger partial charge in [-0.15, -0.1) is 0 Å². The summed E-state index contributed by atoms with van der Waals surface area (Å²) < 4.78 is 23.4. The second-order valence-corrected chi connectivity index (χ2v) is 7.95. The summed E-state index contributed by atoms with van der Waals surface area (Å²) in [6.45, 7) is 1.65. The van der Waals surface area contributed by atoms with Crippen LogP contribution in [0.1, 0.15) is 17.5 Å². The monoisotopic (exact) mass is 345 g/mol. The third-order valence-electron chi connectivity index (χ3n) is 4.43. The molecule has 0 spiro atoms. The predicted molar refractivity (Wildman–Crippen MR) is 98.0 cm³/mol. The molecule has 0 bridgehead atoms. The molecule has 0 saturated carbocycles. The van der Waals surface area contributed by atoms with Crippen molar-refractivity contribution in [1.29, 1.82) is 0 Å². The molecule has 2 aromatic carbocycles. The summed E-state index contributed by atoms with van der Waals surface area (Å²) in [5, 5.41) is 5.30. The standard InChI is InChI=1S/C18H23N3O2S/c1-20(2)17-8-4-3-6-15(17)13-21-11-5-7-14-9-10-16(12-18(14)21)24(19,22)23/h3-4,6,8-10,12H,5,7,11,13H2,1-2H3,(H2,19,22,23). The van der Waals surface area contributed by atoms with E-state index in [2.05, 4.69) is 21.9 Å². The lowest BCUT2D eigenvalue weighted by atomic mass is 10.0. The van der Waals surface area contributed by atoms with Crippen LogP contribution in [0.15, 0.2) is 47.4 Å². The number of nitrogens with zero attached hydrogens (tertiary/aromatic N) is 2. The summed E-state index contributed by atoms with van der Waals surface area (Å²) >= 11 is 0. The van der Waals surface area contributed by atoms with Crippen LogP contribution in [0.4, 0.5) is 11.4 Å². The first-order valence-electron chi connectivity index (χ1n) is 8.02. The quantitative estimate of drug-likeness (QED) is 0.924. The van der Waals surface area contributed by atoms with E-state index < -0.39 is 10.0 Å². The molecule has 0 amide bonds. The van der Waals surface area contributed by atoms with Gasteiger partial charge in [-0.05, 0) is 42.2 Å². The number of aryl methyl sites for hydroxylation is 1. The summed E-state index contributed by atoms with van der Waals surface area (Å²) in [7, 11) is 0.371. The topological polar surface area (TPSA) is 66.6 Å². The van der Waals surface area contributed by atoms with E-state index in [4.69, 9.17) is 5.14 Å². The first-order valence-corrected chi connectivity index (χ1v) is 9.57. The highest BCUT2D eigenvalue weighted by atomic mass is 32.2. The van der Waals surface area contributed by atoms with E-state index in [1.807, 2.05) is 32.3 Å². The Bertz CT molecular complexity index is 847. The van der Waals surface area contributed by atoms with Crippen LogP contribution < -0.4 is 14.9 Å². The number of para-hydroxylation sites is 1. The van der Waals surface area contributed by atoms with Crippen LogP contribution in [0.2, 0.25) is 0 Å². The summed E-state index contributed by atoms with van der Waals surface area (Å²) in [4.78, 5) is 4.52. The van der Waals surface area contributed by atoms with Crippen LogP contribution in [0, 0.1) is 0 Å². The molecule has 2 aromatic rings. The molecule has 0 unspecified atom stereocenters. The van der Waals surface area contributed by atoms with Gasteiger partial charge in [-0.1, -0.05) is 24.3 Å². The molecule has 0 atom stereocenters. The number of sulfonamides is 1. The lowest BCUT2D eigenvalue weighted by molar-refractivity contribution is 0.597. The normalized spacial score (nSPS) is 14.4. The molecule has 0 radical (unpaired) electrons. The highest BCUT2D eigenvalue weighted by molar-refractivity contribution is 7.89. The van der Waals surface area contributed by atoms with Gasteiger partial charge < -0.3 is 9.80 Å². The number of fused-ring (bicyclic) bond motifs is 1. The molecule has 1 aliphatic heterocycles. The second-order valence-electron chi connectivity index (χ2n) is 6.38. The van der Waals surface area contributed by atoms with Gasteiger partial charge in [0.05, 0.1) is 4.90 Å². The van der Waals surface area contributed by atoms with Crippen molar-refractivity contribution in [2.24, 2.45) is 5.14 Å². The van der Waals surface area contributed by atoms with Gasteiger partial charge in [0.15, 0.2) is 0 Å². The zero-order valence-electron chi connectivity index (χ0n) is 14.1. The smallest absolute Gasteiger partial charge is 0.238 e. The Kier molecular flexibility index (Phi) is 4.51. The van der Waals surface area contributed by atoms with E-state index in [0.717, 1.165) is 31.6 Å². The average molecular weight is 345 g/mol. The molecule has 1 heterocycles. The van der Waals surface area contributed by atoms with Gasteiger partial charge in [-0.3, -0.25) is 0 Å². The third-order valence-corrected chi connectivity index (χ3v) is 5.35. The molecule has 5 nitrogen and oxygen atoms in total. The third kappa shape index (κ3) is 3.39. The van der Waals surface area contributed by atoms with Crippen LogP contribution in [-0.4, -0.2) is 29.1 Å². The largest absolute Gasteiger partial charge is 0.377 e. The first kappa shape index (κ1) is 16.8. The summed E-state index contributed by atoms with van der Waals surface area (Å²) in [5.41, 5.74) is 4.54. The van der Waals surface area contributed by atoms with E-state index in [9.17, 15) is 8.42 Å². The van der Waals surface area contributed by atoms with Crippen molar-refractivity contribution in [2.45, 2.75) is 24.3 Å². The van der Waals surface area contributed by atoms with Gasteiger partial charge in [0.25, 0.3) is 0 Å². The fraction of sp³-hybridized carbons (Fsp3) is 0.333. The van der Waals surface area contributed by atoms with E-state index in [1.165, 1.54) is 16.8 Å². The Balaban J connectivity index is 1.98. The maximum atomic E-state index is 11.7. The minimum absolute atomic E-state index is 0.175. The van der Waals surface area contributed by atoms with Gasteiger partial charge in [0.2, 0.25) is 10.0 Å². The molecule has 0 aromatic heterocycles. The van der Waals surface area contributed by atoms with E-state index >= 15 is 0 Å². The molecule has 6 heteroatoms. The first-order chi connectivity index (χ1) is 11.4. The number of hydrogen-bond acceptors (Lipinski definition) is 4. The summed E-state index contributed by atoms with van der Waals surface area (Å²) in [5.74, 6) is 0. The van der Waals surface area contributed by atoms with Gasteiger partial charge in [0, 0.05) is 38.6 Å². The van der Waals surface area contributed by atoms with Crippen LogP contribution >= 0.6 is 0 Å². The highest BCUT2D eigenvalue weighted by Gasteiger charge is 2.20. The molecule has 24 heavy (non-hydrogen) atoms. The van der Waals surface area contributed by atoms with Crippen LogP contribution in [0.25, 0.3) is 0 Å². The van der Waals surface area contributed by atoms with Crippen molar-refractivity contribution in [3.8, 4) is 0 Å². The number of anilines is 2.